The predicted octanol–water partition coefficient (Wildman–Crippen LogP) is 4.66. The number of benzene rings is 2. The van der Waals surface area contributed by atoms with Crippen LogP contribution in [0.3, 0.4) is 0 Å². The molecule has 2 aromatic rings. The fraction of sp³-hybridized carbons (Fsp3) is 0.278. The highest BCUT2D eigenvalue weighted by Gasteiger charge is 2.15. The van der Waals surface area contributed by atoms with Crippen molar-refractivity contribution < 1.29 is 13.6 Å². The lowest BCUT2D eigenvalue weighted by Crippen LogP contribution is -2.23. The molecule has 2 aromatic carbocycles. The van der Waals surface area contributed by atoms with Crippen LogP contribution in [0, 0.1) is 11.6 Å². The van der Waals surface area contributed by atoms with Gasteiger partial charge in [-0.25, -0.2) is 8.78 Å². The number of amides is 1. The highest BCUT2D eigenvalue weighted by molar-refractivity contribution is 8.00. The lowest BCUT2D eigenvalue weighted by molar-refractivity contribution is -0.115. The molecule has 0 saturated carbocycles. The third-order valence-corrected chi connectivity index (χ3v) is 4.62. The van der Waals surface area contributed by atoms with Crippen LogP contribution in [0.4, 0.5) is 14.5 Å². The summed E-state index contributed by atoms with van der Waals surface area (Å²) in [6.07, 6.45) is 1.94. The molecule has 2 nitrogen and oxygen atoms in total. The highest BCUT2D eigenvalue weighted by Crippen LogP contribution is 2.19. The van der Waals surface area contributed by atoms with Crippen LogP contribution in [0.15, 0.2) is 48.5 Å². The summed E-state index contributed by atoms with van der Waals surface area (Å²) in [5.74, 6) is -0.862. The third-order valence-electron chi connectivity index (χ3n) is 3.38. The number of aryl methyl sites for hydroxylation is 1. The van der Waals surface area contributed by atoms with Crippen LogP contribution in [0.25, 0.3) is 0 Å². The Morgan fingerprint density at radius 1 is 1.17 bits per heavy atom. The number of carbonyl (C=O) groups excluding carboxylic acids is 1. The number of anilines is 1. The number of thioether (sulfide) groups is 1. The van der Waals surface area contributed by atoms with E-state index in [1.807, 2.05) is 18.2 Å². The van der Waals surface area contributed by atoms with Gasteiger partial charge in [0.1, 0.15) is 11.6 Å². The van der Waals surface area contributed by atoms with E-state index in [4.69, 9.17) is 0 Å². The molecule has 2 rings (SSSR count). The quantitative estimate of drug-likeness (QED) is 0.746. The monoisotopic (exact) mass is 335 g/mol. The van der Waals surface area contributed by atoms with Gasteiger partial charge in [-0.1, -0.05) is 30.3 Å². The van der Waals surface area contributed by atoms with E-state index in [9.17, 15) is 13.6 Å². The van der Waals surface area contributed by atoms with E-state index in [0.29, 0.717) is 0 Å². The van der Waals surface area contributed by atoms with Gasteiger partial charge >= 0.3 is 0 Å². The molecular formula is C18H19F2NOS. The summed E-state index contributed by atoms with van der Waals surface area (Å²) in [6.45, 7) is 1.78. The fourth-order valence-corrected chi connectivity index (χ4v) is 2.96. The third kappa shape index (κ3) is 5.67. The minimum atomic E-state index is -0.764. The van der Waals surface area contributed by atoms with E-state index in [1.165, 1.54) is 23.4 Å². The number of hydrogen-bond donors (Lipinski definition) is 1. The van der Waals surface area contributed by atoms with E-state index in [1.54, 1.807) is 6.92 Å². The van der Waals surface area contributed by atoms with E-state index < -0.39 is 11.6 Å². The molecule has 1 amide bonds. The summed E-state index contributed by atoms with van der Waals surface area (Å²) in [5.41, 5.74) is 1.28. The average Bonchev–Trinajstić information content (AvgIpc) is 2.55. The summed E-state index contributed by atoms with van der Waals surface area (Å²) in [5, 5.41) is 2.20. The Kier molecular flexibility index (Phi) is 6.59. The Bertz CT molecular complexity index is 649. The first kappa shape index (κ1) is 17.5. The zero-order valence-corrected chi connectivity index (χ0v) is 13.7. The molecule has 1 atom stereocenters. The molecule has 0 heterocycles. The van der Waals surface area contributed by atoms with E-state index >= 15 is 0 Å². The van der Waals surface area contributed by atoms with Crippen LogP contribution in [-0.2, 0) is 11.2 Å². The van der Waals surface area contributed by atoms with Gasteiger partial charge in [-0.05, 0) is 43.2 Å². The molecule has 0 aliphatic carbocycles. The molecule has 23 heavy (non-hydrogen) atoms. The maximum absolute atomic E-state index is 13.5. The zero-order chi connectivity index (χ0) is 16.7. The van der Waals surface area contributed by atoms with E-state index in [-0.39, 0.29) is 16.8 Å². The van der Waals surface area contributed by atoms with Gasteiger partial charge in [0.05, 0.1) is 10.9 Å². The van der Waals surface area contributed by atoms with Crippen molar-refractivity contribution in [2.75, 3.05) is 11.1 Å². The molecule has 0 aliphatic rings. The molecule has 0 radical (unpaired) electrons. The first-order valence-corrected chi connectivity index (χ1v) is 8.52. The molecule has 0 aliphatic heterocycles. The van der Waals surface area contributed by atoms with Crippen LogP contribution in [0.5, 0.6) is 0 Å². The molecule has 1 unspecified atom stereocenters. The molecule has 0 aromatic heterocycles. The first-order valence-electron chi connectivity index (χ1n) is 7.47. The van der Waals surface area contributed by atoms with Gasteiger partial charge in [-0.15, -0.1) is 11.8 Å². The molecule has 5 heteroatoms. The average molecular weight is 335 g/mol. The molecule has 0 saturated heterocycles. The van der Waals surface area contributed by atoms with Gasteiger partial charge in [0.2, 0.25) is 5.91 Å². The Balaban J connectivity index is 1.74. The second kappa shape index (κ2) is 8.67. The maximum atomic E-state index is 13.5. The summed E-state index contributed by atoms with van der Waals surface area (Å²) in [4.78, 5) is 12.0. The SMILES string of the molecule is CC(SCCCc1ccccc1)C(=O)Nc1ccc(F)cc1F. The maximum Gasteiger partial charge on any atom is 0.237 e. The number of rotatable bonds is 7. The Morgan fingerprint density at radius 3 is 2.61 bits per heavy atom. The lowest BCUT2D eigenvalue weighted by Gasteiger charge is -2.12. The number of hydrogen-bond acceptors (Lipinski definition) is 2. The van der Waals surface area contributed by atoms with Gasteiger partial charge in [-0.3, -0.25) is 4.79 Å². The van der Waals surface area contributed by atoms with Gasteiger partial charge < -0.3 is 5.32 Å². The van der Waals surface area contributed by atoms with Crippen LogP contribution in [-0.4, -0.2) is 16.9 Å². The summed E-state index contributed by atoms with van der Waals surface area (Å²) >= 11 is 1.52. The zero-order valence-electron chi connectivity index (χ0n) is 12.9. The Labute approximate surface area is 139 Å². The van der Waals surface area contributed by atoms with Crippen molar-refractivity contribution in [3.63, 3.8) is 0 Å². The van der Waals surface area contributed by atoms with Crippen molar-refractivity contribution in [3.05, 3.63) is 65.7 Å². The largest absolute Gasteiger partial charge is 0.323 e. The van der Waals surface area contributed by atoms with Gasteiger partial charge in [0, 0.05) is 6.07 Å². The van der Waals surface area contributed by atoms with Crippen molar-refractivity contribution in [2.45, 2.75) is 25.0 Å². The second-order valence-electron chi connectivity index (χ2n) is 5.22. The van der Waals surface area contributed by atoms with Crippen molar-refractivity contribution in [2.24, 2.45) is 0 Å². The second-order valence-corrected chi connectivity index (χ2v) is 6.66. The van der Waals surface area contributed by atoms with Crippen molar-refractivity contribution in [1.29, 1.82) is 0 Å². The molecule has 0 fully saturated rings. The Hall–Kier alpha value is -1.88. The van der Waals surface area contributed by atoms with Crippen molar-refractivity contribution in [3.8, 4) is 0 Å². The summed E-state index contributed by atoms with van der Waals surface area (Å²) < 4.78 is 26.3. The van der Waals surface area contributed by atoms with Crippen molar-refractivity contribution in [1.82, 2.24) is 0 Å². The molecule has 122 valence electrons. The molecular weight excluding hydrogens is 316 g/mol. The number of nitrogens with one attached hydrogen (secondary N) is 1. The first-order chi connectivity index (χ1) is 11.1. The highest BCUT2D eigenvalue weighted by atomic mass is 32.2. The Morgan fingerprint density at radius 2 is 1.91 bits per heavy atom. The topological polar surface area (TPSA) is 29.1 Å². The lowest BCUT2D eigenvalue weighted by atomic mass is 10.1. The number of carbonyl (C=O) groups is 1. The van der Waals surface area contributed by atoms with E-state index in [0.717, 1.165) is 30.7 Å². The van der Waals surface area contributed by atoms with Crippen LogP contribution in [0.2, 0.25) is 0 Å². The smallest absolute Gasteiger partial charge is 0.237 e. The number of halogens is 2. The van der Waals surface area contributed by atoms with Crippen molar-refractivity contribution >= 4 is 23.4 Å². The van der Waals surface area contributed by atoms with Crippen LogP contribution >= 0.6 is 11.8 Å². The van der Waals surface area contributed by atoms with E-state index in [2.05, 4.69) is 17.4 Å². The fourth-order valence-electron chi connectivity index (χ4n) is 2.08. The summed E-state index contributed by atoms with van der Waals surface area (Å²) in [7, 11) is 0. The minimum Gasteiger partial charge on any atom is -0.323 e. The summed E-state index contributed by atoms with van der Waals surface area (Å²) in [6, 6.07) is 13.3. The molecule has 0 bridgehead atoms. The molecule has 0 spiro atoms. The predicted molar refractivity (Wildman–Crippen MR) is 91.7 cm³/mol. The van der Waals surface area contributed by atoms with Gasteiger partial charge in [-0.2, -0.15) is 0 Å². The van der Waals surface area contributed by atoms with Gasteiger partial charge in [0.15, 0.2) is 0 Å². The minimum absolute atomic E-state index is 0.00753. The van der Waals surface area contributed by atoms with Crippen LogP contribution < -0.4 is 5.32 Å². The van der Waals surface area contributed by atoms with Crippen LogP contribution in [0.1, 0.15) is 18.9 Å². The van der Waals surface area contributed by atoms with Gasteiger partial charge in [0.25, 0.3) is 0 Å². The molecule has 1 N–H and O–H groups in total. The normalized spacial score (nSPS) is 12.0. The standard InChI is InChI=1S/C18H19F2NOS/c1-13(23-11-5-8-14-6-3-2-4-7-14)18(22)21-17-10-9-15(19)12-16(17)20/h2-4,6-7,9-10,12-13H,5,8,11H2,1H3,(H,21,22).